The third-order valence-corrected chi connectivity index (χ3v) is 4.49. The van der Waals surface area contributed by atoms with Crippen molar-refractivity contribution < 1.29 is 14.7 Å². The average Bonchev–Trinajstić information content (AvgIpc) is 3.31. The van der Waals surface area contributed by atoms with Crippen molar-refractivity contribution in [2.45, 2.75) is 0 Å². The van der Waals surface area contributed by atoms with Gasteiger partial charge < -0.3 is 5.11 Å². The number of aromatic amines is 1. The Labute approximate surface area is 150 Å². The van der Waals surface area contributed by atoms with Crippen molar-refractivity contribution in [3.8, 4) is 11.3 Å². The molecule has 2 aromatic carbocycles. The van der Waals surface area contributed by atoms with E-state index in [0.717, 1.165) is 22.0 Å². The minimum absolute atomic E-state index is 0.292. The summed E-state index contributed by atoms with van der Waals surface area (Å²) in [6.45, 7) is 0. The number of benzene rings is 2. The monoisotopic (exact) mass is 365 g/mol. The van der Waals surface area contributed by atoms with Crippen LogP contribution in [0.15, 0.2) is 47.8 Å². The van der Waals surface area contributed by atoms with E-state index in [0.29, 0.717) is 5.13 Å². The van der Waals surface area contributed by atoms with Gasteiger partial charge in [0.15, 0.2) is 10.8 Å². The fourth-order valence-electron chi connectivity index (χ4n) is 2.51. The number of amides is 1. The highest BCUT2D eigenvalue weighted by atomic mass is 32.1. The molecule has 3 N–H and O–H groups in total. The van der Waals surface area contributed by atoms with Gasteiger partial charge in [-0.2, -0.15) is 5.21 Å². The number of rotatable bonds is 4. The normalized spacial score (nSPS) is 10.8. The van der Waals surface area contributed by atoms with Gasteiger partial charge in [-0.15, -0.1) is 21.5 Å². The summed E-state index contributed by atoms with van der Waals surface area (Å²) in [7, 11) is 0. The van der Waals surface area contributed by atoms with E-state index in [-0.39, 0.29) is 5.69 Å². The van der Waals surface area contributed by atoms with Crippen LogP contribution in [0.5, 0.6) is 0 Å². The maximum Gasteiger partial charge on any atom is 0.358 e. The van der Waals surface area contributed by atoms with E-state index in [1.807, 2.05) is 47.8 Å². The minimum atomic E-state index is -1.33. The zero-order valence-electron chi connectivity index (χ0n) is 13.1. The number of H-pyrrole nitrogens is 1. The Morgan fingerprint density at radius 3 is 2.62 bits per heavy atom. The largest absolute Gasteiger partial charge is 0.476 e. The lowest BCUT2D eigenvalue weighted by Gasteiger charge is -2.01. The molecule has 0 aliphatic heterocycles. The van der Waals surface area contributed by atoms with Crippen LogP contribution < -0.4 is 5.32 Å². The zero-order chi connectivity index (χ0) is 18.1. The van der Waals surface area contributed by atoms with E-state index >= 15 is 0 Å². The van der Waals surface area contributed by atoms with E-state index < -0.39 is 17.6 Å². The molecule has 2 aromatic heterocycles. The third kappa shape index (κ3) is 2.91. The van der Waals surface area contributed by atoms with Crippen molar-refractivity contribution in [3.63, 3.8) is 0 Å². The number of carboxylic acid groups (broad SMARTS) is 1. The molecule has 0 fully saturated rings. The maximum atomic E-state index is 12.2. The molecule has 128 valence electrons. The van der Waals surface area contributed by atoms with Gasteiger partial charge in [0.2, 0.25) is 5.69 Å². The average molecular weight is 365 g/mol. The van der Waals surface area contributed by atoms with Crippen molar-refractivity contribution in [2.75, 3.05) is 5.32 Å². The van der Waals surface area contributed by atoms with Crippen LogP contribution in [0, 0.1) is 0 Å². The molecular formula is C17H11N5O3S. The van der Waals surface area contributed by atoms with Crippen molar-refractivity contribution >= 4 is 39.1 Å². The van der Waals surface area contributed by atoms with E-state index in [4.69, 9.17) is 5.11 Å². The predicted molar refractivity (Wildman–Crippen MR) is 96.4 cm³/mol. The maximum absolute atomic E-state index is 12.2. The fourth-order valence-corrected chi connectivity index (χ4v) is 3.22. The molecule has 0 saturated carbocycles. The lowest BCUT2D eigenvalue weighted by atomic mass is 10.1. The van der Waals surface area contributed by atoms with Crippen LogP contribution in [0.4, 0.5) is 5.13 Å². The van der Waals surface area contributed by atoms with E-state index in [1.165, 1.54) is 11.3 Å². The Morgan fingerprint density at radius 2 is 1.81 bits per heavy atom. The highest BCUT2D eigenvalue weighted by Crippen LogP contribution is 2.28. The number of nitrogens with one attached hydrogen (secondary N) is 2. The van der Waals surface area contributed by atoms with E-state index in [2.05, 4.69) is 25.7 Å². The molecule has 4 aromatic rings. The molecular weight excluding hydrogens is 354 g/mol. The number of nitrogens with zero attached hydrogens (tertiary/aromatic N) is 3. The van der Waals surface area contributed by atoms with Crippen LogP contribution >= 0.6 is 11.3 Å². The van der Waals surface area contributed by atoms with Crippen molar-refractivity contribution in [3.05, 3.63) is 59.2 Å². The SMILES string of the molecule is O=C(O)c1n[nH]nc1C(=O)Nc1nc(-c2ccc3ccccc3c2)cs1. The van der Waals surface area contributed by atoms with Crippen LogP contribution in [0.1, 0.15) is 21.0 Å². The van der Waals surface area contributed by atoms with Crippen LogP contribution in [0.3, 0.4) is 0 Å². The summed E-state index contributed by atoms with van der Waals surface area (Å²) >= 11 is 1.24. The molecule has 0 atom stereocenters. The molecule has 1 amide bonds. The van der Waals surface area contributed by atoms with Gasteiger partial charge >= 0.3 is 5.97 Å². The number of carboxylic acids is 1. The highest BCUT2D eigenvalue weighted by molar-refractivity contribution is 7.14. The lowest BCUT2D eigenvalue weighted by molar-refractivity contribution is 0.0686. The van der Waals surface area contributed by atoms with E-state index in [9.17, 15) is 9.59 Å². The molecule has 8 nitrogen and oxygen atoms in total. The van der Waals surface area contributed by atoms with Gasteiger partial charge in [0.1, 0.15) is 0 Å². The summed E-state index contributed by atoms with van der Waals surface area (Å²) in [5.74, 6) is -2.02. The Hall–Kier alpha value is -3.59. The van der Waals surface area contributed by atoms with Crippen LogP contribution in [0.25, 0.3) is 22.0 Å². The molecule has 2 heterocycles. The Kier molecular flexibility index (Phi) is 3.90. The second-order valence-electron chi connectivity index (χ2n) is 5.38. The first-order valence-corrected chi connectivity index (χ1v) is 8.40. The molecule has 0 radical (unpaired) electrons. The molecule has 26 heavy (non-hydrogen) atoms. The molecule has 0 spiro atoms. The number of fused-ring (bicyclic) bond motifs is 1. The quantitative estimate of drug-likeness (QED) is 0.511. The van der Waals surface area contributed by atoms with Gasteiger partial charge in [-0.05, 0) is 16.8 Å². The number of carbonyl (C=O) groups is 2. The number of carbonyl (C=O) groups excluding carboxylic acids is 1. The van der Waals surface area contributed by atoms with Gasteiger partial charge in [0, 0.05) is 10.9 Å². The summed E-state index contributed by atoms with van der Waals surface area (Å²) in [5, 5.41) is 25.1. The summed E-state index contributed by atoms with van der Waals surface area (Å²) < 4.78 is 0. The molecule has 4 rings (SSSR count). The fraction of sp³-hybridized carbons (Fsp3) is 0. The van der Waals surface area contributed by atoms with Gasteiger partial charge in [0.05, 0.1) is 5.69 Å². The second kappa shape index (κ2) is 6.37. The molecule has 0 unspecified atom stereocenters. The van der Waals surface area contributed by atoms with Gasteiger partial charge in [-0.25, -0.2) is 9.78 Å². The topological polar surface area (TPSA) is 121 Å². The van der Waals surface area contributed by atoms with Gasteiger partial charge in [-0.1, -0.05) is 36.4 Å². The van der Waals surface area contributed by atoms with Crippen molar-refractivity contribution in [1.82, 2.24) is 20.4 Å². The number of aromatic carboxylic acids is 1. The Balaban J connectivity index is 1.58. The predicted octanol–water partition coefficient (Wildman–Crippen LogP) is 3.03. The Bertz CT molecular complexity index is 1130. The van der Waals surface area contributed by atoms with Crippen LogP contribution in [0.2, 0.25) is 0 Å². The summed E-state index contributed by atoms with van der Waals surface area (Å²) in [6.07, 6.45) is 0. The summed E-state index contributed by atoms with van der Waals surface area (Å²) in [6, 6.07) is 14.0. The first-order chi connectivity index (χ1) is 12.6. The minimum Gasteiger partial charge on any atom is -0.476 e. The van der Waals surface area contributed by atoms with Crippen molar-refractivity contribution in [1.29, 1.82) is 0 Å². The first kappa shape index (κ1) is 15.9. The third-order valence-electron chi connectivity index (χ3n) is 3.74. The first-order valence-electron chi connectivity index (χ1n) is 7.52. The molecule has 9 heteroatoms. The zero-order valence-corrected chi connectivity index (χ0v) is 13.9. The summed E-state index contributed by atoms with van der Waals surface area (Å²) in [5.41, 5.74) is 0.913. The standard InChI is InChI=1S/C17H11N5O3S/c23-15(13-14(16(24)25)21-22-20-13)19-17-18-12(8-26-17)11-6-5-9-3-1-2-4-10(9)7-11/h1-8H,(H,24,25)(H,18,19,23)(H,20,21,22). The number of thiazole rings is 1. The molecule has 0 saturated heterocycles. The summed E-state index contributed by atoms with van der Waals surface area (Å²) in [4.78, 5) is 27.6. The van der Waals surface area contributed by atoms with Crippen molar-refractivity contribution in [2.24, 2.45) is 0 Å². The Morgan fingerprint density at radius 1 is 1.04 bits per heavy atom. The molecule has 0 aliphatic rings. The number of hydrogen-bond donors (Lipinski definition) is 3. The smallest absolute Gasteiger partial charge is 0.358 e. The molecule has 0 aliphatic carbocycles. The lowest BCUT2D eigenvalue weighted by Crippen LogP contribution is -2.16. The highest BCUT2D eigenvalue weighted by Gasteiger charge is 2.22. The van der Waals surface area contributed by atoms with Gasteiger partial charge in [0.25, 0.3) is 5.91 Å². The van der Waals surface area contributed by atoms with E-state index in [1.54, 1.807) is 0 Å². The second-order valence-corrected chi connectivity index (χ2v) is 6.24. The van der Waals surface area contributed by atoms with Gasteiger partial charge in [-0.3, -0.25) is 10.1 Å². The van der Waals surface area contributed by atoms with Crippen LogP contribution in [-0.4, -0.2) is 37.4 Å². The number of anilines is 1. The number of aromatic nitrogens is 4. The molecule has 0 bridgehead atoms. The van der Waals surface area contributed by atoms with Crippen LogP contribution in [-0.2, 0) is 0 Å². The number of hydrogen-bond acceptors (Lipinski definition) is 6.